The molecule has 0 radical (unpaired) electrons. The van der Waals surface area contributed by atoms with E-state index in [-0.39, 0.29) is 18.4 Å². The highest BCUT2D eigenvalue weighted by molar-refractivity contribution is 9.11. The highest BCUT2D eigenvalue weighted by atomic mass is 79.9. The number of hydrogen-bond acceptors (Lipinski definition) is 3. The zero-order valence-electron chi connectivity index (χ0n) is 10.1. The first-order valence-electron chi connectivity index (χ1n) is 5.68. The van der Waals surface area contributed by atoms with E-state index in [1.54, 1.807) is 11.3 Å². The highest BCUT2D eigenvalue weighted by Crippen LogP contribution is 2.28. The molecule has 0 aliphatic heterocycles. The predicted octanol–water partition coefficient (Wildman–Crippen LogP) is 2.75. The van der Waals surface area contributed by atoms with Gasteiger partial charge in [0.25, 0.3) is 0 Å². The van der Waals surface area contributed by atoms with Gasteiger partial charge in [0.15, 0.2) is 0 Å². The van der Waals surface area contributed by atoms with Gasteiger partial charge >= 0.3 is 0 Å². The smallest absolute Gasteiger partial charge is 0.228 e. The van der Waals surface area contributed by atoms with Crippen molar-refractivity contribution in [1.29, 1.82) is 0 Å². The zero-order valence-corrected chi connectivity index (χ0v) is 12.5. The van der Waals surface area contributed by atoms with E-state index >= 15 is 0 Å². The molecule has 0 saturated carbocycles. The van der Waals surface area contributed by atoms with Gasteiger partial charge in [-0.2, -0.15) is 0 Å². The molecule has 0 aromatic carbocycles. The Hall–Kier alpha value is -0.390. The molecule has 0 bridgehead atoms. The lowest BCUT2D eigenvalue weighted by atomic mass is 10.1. The van der Waals surface area contributed by atoms with Gasteiger partial charge in [-0.1, -0.05) is 6.92 Å². The second-order valence-electron chi connectivity index (χ2n) is 4.23. The molecule has 0 saturated heterocycles. The quantitative estimate of drug-likeness (QED) is 0.847. The Morgan fingerprint density at radius 2 is 2.24 bits per heavy atom. The number of aliphatic hydroxyl groups is 1. The standard InChI is InChI=1S/C12H18BrNO2S/c1-8(5-6-15)7-14-12(16)9(2)10-3-4-11(13)17-10/h3-4,8-9,15H,5-7H2,1-2H3,(H,14,16). The zero-order chi connectivity index (χ0) is 12.8. The molecule has 96 valence electrons. The fraction of sp³-hybridized carbons (Fsp3) is 0.583. The largest absolute Gasteiger partial charge is 0.396 e. The van der Waals surface area contributed by atoms with Crippen molar-refractivity contribution in [3.63, 3.8) is 0 Å². The molecule has 2 atom stereocenters. The Bertz CT molecular complexity index is 367. The molecule has 1 amide bonds. The molecule has 0 spiro atoms. The molecule has 0 aliphatic carbocycles. The van der Waals surface area contributed by atoms with Crippen LogP contribution in [0.5, 0.6) is 0 Å². The molecule has 0 aliphatic rings. The van der Waals surface area contributed by atoms with Gasteiger partial charge < -0.3 is 10.4 Å². The van der Waals surface area contributed by atoms with Crippen LogP contribution in [0.15, 0.2) is 15.9 Å². The molecule has 0 fully saturated rings. The molecular formula is C12H18BrNO2S. The monoisotopic (exact) mass is 319 g/mol. The minimum absolute atomic E-state index is 0.0455. The van der Waals surface area contributed by atoms with Crippen LogP contribution in [-0.2, 0) is 4.79 Å². The average molecular weight is 320 g/mol. The van der Waals surface area contributed by atoms with Crippen LogP contribution in [0.25, 0.3) is 0 Å². The fourth-order valence-corrected chi connectivity index (χ4v) is 2.91. The first kappa shape index (κ1) is 14.7. The fourth-order valence-electron chi connectivity index (χ4n) is 1.44. The Balaban J connectivity index is 2.42. The van der Waals surface area contributed by atoms with E-state index in [9.17, 15) is 4.79 Å². The van der Waals surface area contributed by atoms with Crippen molar-refractivity contribution in [3.05, 3.63) is 20.8 Å². The van der Waals surface area contributed by atoms with E-state index in [1.165, 1.54) is 0 Å². The molecule has 2 unspecified atom stereocenters. The van der Waals surface area contributed by atoms with Crippen molar-refractivity contribution in [2.24, 2.45) is 5.92 Å². The Morgan fingerprint density at radius 3 is 2.76 bits per heavy atom. The van der Waals surface area contributed by atoms with E-state index in [4.69, 9.17) is 5.11 Å². The number of aliphatic hydroxyl groups excluding tert-OH is 1. The summed E-state index contributed by atoms with van der Waals surface area (Å²) in [5, 5.41) is 11.7. The summed E-state index contributed by atoms with van der Waals surface area (Å²) < 4.78 is 1.04. The van der Waals surface area contributed by atoms with Crippen molar-refractivity contribution in [2.75, 3.05) is 13.2 Å². The van der Waals surface area contributed by atoms with Gasteiger partial charge in [-0.25, -0.2) is 0 Å². The summed E-state index contributed by atoms with van der Waals surface area (Å²) in [6.07, 6.45) is 0.721. The maximum absolute atomic E-state index is 11.9. The summed E-state index contributed by atoms with van der Waals surface area (Å²) in [4.78, 5) is 12.9. The van der Waals surface area contributed by atoms with Gasteiger partial charge in [-0.3, -0.25) is 4.79 Å². The van der Waals surface area contributed by atoms with E-state index in [1.807, 2.05) is 26.0 Å². The summed E-state index contributed by atoms with van der Waals surface area (Å²) in [5.41, 5.74) is 0. The lowest BCUT2D eigenvalue weighted by Crippen LogP contribution is -2.31. The van der Waals surface area contributed by atoms with Crippen molar-refractivity contribution in [3.8, 4) is 0 Å². The molecule has 2 N–H and O–H groups in total. The SMILES string of the molecule is CC(CCO)CNC(=O)C(C)c1ccc(Br)s1. The van der Waals surface area contributed by atoms with E-state index < -0.39 is 0 Å². The van der Waals surface area contributed by atoms with Crippen molar-refractivity contribution >= 4 is 33.2 Å². The van der Waals surface area contributed by atoms with E-state index in [0.29, 0.717) is 12.5 Å². The molecular weight excluding hydrogens is 302 g/mol. The third-order valence-electron chi connectivity index (χ3n) is 2.66. The molecule has 1 heterocycles. The number of rotatable bonds is 6. The van der Waals surface area contributed by atoms with E-state index in [0.717, 1.165) is 15.1 Å². The van der Waals surface area contributed by atoms with Gasteiger partial charge in [0, 0.05) is 18.0 Å². The number of carbonyl (C=O) groups excluding carboxylic acids is 1. The van der Waals surface area contributed by atoms with Gasteiger partial charge in [-0.05, 0) is 47.3 Å². The summed E-state index contributed by atoms with van der Waals surface area (Å²) in [7, 11) is 0. The van der Waals surface area contributed by atoms with Crippen molar-refractivity contribution in [2.45, 2.75) is 26.2 Å². The van der Waals surface area contributed by atoms with Crippen LogP contribution in [0, 0.1) is 5.92 Å². The number of thiophene rings is 1. The first-order chi connectivity index (χ1) is 8.04. The third-order valence-corrected chi connectivity index (χ3v) is 4.47. The molecule has 5 heteroatoms. The Kier molecular flexibility index (Phi) is 6.16. The predicted molar refractivity (Wildman–Crippen MR) is 74.3 cm³/mol. The normalized spacial score (nSPS) is 14.4. The van der Waals surface area contributed by atoms with Gasteiger partial charge in [0.2, 0.25) is 5.91 Å². The average Bonchev–Trinajstić information content (AvgIpc) is 2.72. The molecule has 17 heavy (non-hydrogen) atoms. The molecule has 1 aromatic rings. The van der Waals surface area contributed by atoms with Crippen LogP contribution in [0.4, 0.5) is 0 Å². The summed E-state index contributed by atoms with van der Waals surface area (Å²) in [5.74, 6) is 0.239. The number of carbonyl (C=O) groups is 1. The first-order valence-corrected chi connectivity index (χ1v) is 7.29. The molecule has 1 aromatic heterocycles. The number of nitrogens with one attached hydrogen (secondary N) is 1. The van der Waals surface area contributed by atoms with Gasteiger partial charge in [-0.15, -0.1) is 11.3 Å². The second kappa shape index (κ2) is 7.13. The summed E-state index contributed by atoms with van der Waals surface area (Å²) in [6.45, 7) is 4.72. The Morgan fingerprint density at radius 1 is 1.53 bits per heavy atom. The topological polar surface area (TPSA) is 49.3 Å². The van der Waals surface area contributed by atoms with Gasteiger partial charge in [0.05, 0.1) is 9.70 Å². The lowest BCUT2D eigenvalue weighted by Gasteiger charge is -2.14. The van der Waals surface area contributed by atoms with E-state index in [2.05, 4.69) is 21.2 Å². The van der Waals surface area contributed by atoms with Crippen LogP contribution >= 0.6 is 27.3 Å². The number of hydrogen-bond donors (Lipinski definition) is 2. The summed E-state index contributed by atoms with van der Waals surface area (Å²) >= 11 is 4.98. The van der Waals surface area contributed by atoms with Crippen LogP contribution in [0.1, 0.15) is 31.1 Å². The highest BCUT2D eigenvalue weighted by Gasteiger charge is 2.17. The maximum Gasteiger partial charge on any atom is 0.228 e. The summed E-state index contributed by atoms with van der Waals surface area (Å²) in [6, 6.07) is 3.92. The Labute approximate surface area is 114 Å². The lowest BCUT2D eigenvalue weighted by molar-refractivity contribution is -0.122. The number of halogens is 1. The van der Waals surface area contributed by atoms with Crippen LogP contribution in [0.2, 0.25) is 0 Å². The second-order valence-corrected chi connectivity index (χ2v) is 6.72. The minimum atomic E-state index is -0.118. The minimum Gasteiger partial charge on any atom is -0.396 e. The van der Waals surface area contributed by atoms with Crippen LogP contribution < -0.4 is 5.32 Å². The van der Waals surface area contributed by atoms with Crippen LogP contribution in [0.3, 0.4) is 0 Å². The van der Waals surface area contributed by atoms with Crippen molar-refractivity contribution in [1.82, 2.24) is 5.32 Å². The molecule has 1 rings (SSSR count). The van der Waals surface area contributed by atoms with Crippen molar-refractivity contribution < 1.29 is 9.90 Å². The van der Waals surface area contributed by atoms with Gasteiger partial charge in [0.1, 0.15) is 0 Å². The number of amides is 1. The maximum atomic E-state index is 11.9. The molecule has 3 nitrogen and oxygen atoms in total. The third kappa shape index (κ3) is 4.77. The van der Waals surface area contributed by atoms with Crippen LogP contribution in [-0.4, -0.2) is 24.2 Å².